The van der Waals surface area contributed by atoms with Gasteiger partial charge in [0, 0.05) is 18.0 Å². The van der Waals surface area contributed by atoms with Gasteiger partial charge in [-0.25, -0.2) is 14.8 Å². The van der Waals surface area contributed by atoms with E-state index in [1.807, 2.05) is 36.7 Å². The van der Waals surface area contributed by atoms with E-state index in [1.165, 1.54) is 25.7 Å². The first-order valence-electron chi connectivity index (χ1n) is 10.3. The van der Waals surface area contributed by atoms with Gasteiger partial charge in [-0.1, -0.05) is 45.2 Å². The highest BCUT2D eigenvalue weighted by Crippen LogP contribution is 2.29. The van der Waals surface area contributed by atoms with Crippen LogP contribution in [0.3, 0.4) is 0 Å². The second-order valence-electron chi connectivity index (χ2n) is 7.58. The van der Waals surface area contributed by atoms with E-state index in [4.69, 9.17) is 4.74 Å². The van der Waals surface area contributed by atoms with Crippen molar-refractivity contribution in [3.05, 3.63) is 47.8 Å². The van der Waals surface area contributed by atoms with Crippen molar-refractivity contribution in [2.75, 3.05) is 0 Å². The zero-order valence-corrected chi connectivity index (χ0v) is 16.5. The number of aryl methyl sites for hydroxylation is 1. The second-order valence-corrected chi connectivity index (χ2v) is 7.58. The van der Waals surface area contributed by atoms with E-state index < -0.39 is 0 Å². The molecule has 27 heavy (non-hydrogen) atoms. The highest BCUT2D eigenvalue weighted by Gasteiger charge is 2.23. The number of ether oxygens (including phenoxy) is 1. The van der Waals surface area contributed by atoms with E-state index in [2.05, 4.69) is 23.8 Å². The standard InChI is InChI=1S/C23H30N2O2/c1-3-5-17-7-13-21(14-8-17)27-23(26)20-11-9-19(10-12-20)22-24-15-18(6-4-2)16-25-22/h9-12,15-17,21H,3-8,13-14H2,1-2H3. The molecule has 4 heteroatoms. The Morgan fingerprint density at radius 1 is 1.00 bits per heavy atom. The van der Waals surface area contributed by atoms with Gasteiger partial charge in [-0.3, -0.25) is 0 Å². The van der Waals surface area contributed by atoms with Crippen molar-refractivity contribution < 1.29 is 9.53 Å². The Balaban J connectivity index is 1.56. The maximum absolute atomic E-state index is 12.4. The lowest BCUT2D eigenvalue weighted by atomic mass is 9.85. The SMILES string of the molecule is CCCc1cnc(-c2ccc(C(=O)OC3CCC(CCC)CC3)cc2)nc1. The molecule has 0 unspecified atom stereocenters. The molecule has 144 valence electrons. The van der Waals surface area contributed by atoms with Crippen LogP contribution in [-0.4, -0.2) is 22.0 Å². The van der Waals surface area contributed by atoms with Crippen LogP contribution in [0.5, 0.6) is 0 Å². The van der Waals surface area contributed by atoms with Crippen molar-refractivity contribution in [1.29, 1.82) is 0 Å². The molecule has 0 spiro atoms. The van der Waals surface area contributed by atoms with Gasteiger partial charge in [-0.05, 0) is 55.7 Å². The van der Waals surface area contributed by atoms with Gasteiger partial charge in [0.15, 0.2) is 5.82 Å². The summed E-state index contributed by atoms with van der Waals surface area (Å²) in [6, 6.07) is 7.40. The normalized spacial score (nSPS) is 19.6. The van der Waals surface area contributed by atoms with Crippen LogP contribution in [0.25, 0.3) is 11.4 Å². The summed E-state index contributed by atoms with van der Waals surface area (Å²) < 4.78 is 5.72. The molecule has 1 fully saturated rings. The lowest BCUT2D eigenvalue weighted by molar-refractivity contribution is 0.0161. The third-order valence-electron chi connectivity index (χ3n) is 5.39. The molecular weight excluding hydrogens is 336 g/mol. The van der Waals surface area contributed by atoms with E-state index in [0.717, 1.165) is 42.7 Å². The second kappa shape index (κ2) is 9.63. The average molecular weight is 367 g/mol. The van der Waals surface area contributed by atoms with Gasteiger partial charge in [0.2, 0.25) is 0 Å². The summed E-state index contributed by atoms with van der Waals surface area (Å²) >= 11 is 0. The Kier molecular flexibility index (Phi) is 6.97. The third kappa shape index (κ3) is 5.38. The zero-order chi connectivity index (χ0) is 19.1. The quantitative estimate of drug-likeness (QED) is 0.598. The van der Waals surface area contributed by atoms with Gasteiger partial charge in [-0.2, -0.15) is 0 Å². The fraction of sp³-hybridized carbons (Fsp3) is 0.522. The summed E-state index contributed by atoms with van der Waals surface area (Å²) in [5.41, 5.74) is 2.65. The topological polar surface area (TPSA) is 52.1 Å². The monoisotopic (exact) mass is 366 g/mol. The summed E-state index contributed by atoms with van der Waals surface area (Å²) in [5.74, 6) is 1.27. The van der Waals surface area contributed by atoms with Gasteiger partial charge < -0.3 is 4.74 Å². The molecule has 3 rings (SSSR count). The van der Waals surface area contributed by atoms with Crippen LogP contribution in [-0.2, 0) is 11.2 Å². The first-order chi connectivity index (χ1) is 13.2. The maximum Gasteiger partial charge on any atom is 0.338 e. The highest BCUT2D eigenvalue weighted by molar-refractivity contribution is 5.90. The van der Waals surface area contributed by atoms with E-state index in [1.54, 1.807) is 0 Å². The fourth-order valence-electron chi connectivity index (χ4n) is 3.84. The molecule has 1 aromatic heterocycles. The largest absolute Gasteiger partial charge is 0.459 e. The van der Waals surface area contributed by atoms with Gasteiger partial charge in [0.1, 0.15) is 6.10 Å². The number of esters is 1. The summed E-state index contributed by atoms with van der Waals surface area (Å²) in [4.78, 5) is 21.3. The number of rotatable bonds is 7. The molecule has 0 aliphatic heterocycles. The van der Waals surface area contributed by atoms with Crippen molar-refractivity contribution in [3.63, 3.8) is 0 Å². The smallest absolute Gasteiger partial charge is 0.338 e. The Morgan fingerprint density at radius 3 is 2.26 bits per heavy atom. The van der Waals surface area contributed by atoms with Crippen LogP contribution in [0.2, 0.25) is 0 Å². The van der Waals surface area contributed by atoms with Gasteiger partial charge in [0.05, 0.1) is 5.56 Å². The van der Waals surface area contributed by atoms with E-state index in [-0.39, 0.29) is 12.1 Å². The summed E-state index contributed by atoms with van der Waals surface area (Å²) in [5, 5.41) is 0. The molecule has 0 radical (unpaired) electrons. The van der Waals surface area contributed by atoms with Crippen molar-refractivity contribution in [3.8, 4) is 11.4 Å². The number of carbonyl (C=O) groups excluding carboxylic acids is 1. The molecule has 0 atom stereocenters. The maximum atomic E-state index is 12.4. The van der Waals surface area contributed by atoms with E-state index in [0.29, 0.717) is 11.4 Å². The van der Waals surface area contributed by atoms with Crippen molar-refractivity contribution in [2.45, 2.75) is 71.3 Å². The number of hydrogen-bond acceptors (Lipinski definition) is 4. The zero-order valence-electron chi connectivity index (χ0n) is 16.5. The third-order valence-corrected chi connectivity index (χ3v) is 5.39. The first-order valence-corrected chi connectivity index (χ1v) is 10.3. The minimum atomic E-state index is -0.222. The molecule has 1 aromatic carbocycles. The lowest BCUT2D eigenvalue weighted by Crippen LogP contribution is -2.24. The predicted octanol–water partition coefficient (Wildman–Crippen LogP) is 5.61. The Bertz CT molecular complexity index is 717. The average Bonchev–Trinajstić information content (AvgIpc) is 2.71. The van der Waals surface area contributed by atoms with Crippen molar-refractivity contribution in [1.82, 2.24) is 9.97 Å². The molecule has 1 aliphatic rings. The van der Waals surface area contributed by atoms with E-state index >= 15 is 0 Å². The Morgan fingerprint density at radius 2 is 1.67 bits per heavy atom. The molecule has 0 bridgehead atoms. The highest BCUT2D eigenvalue weighted by atomic mass is 16.5. The summed E-state index contributed by atoms with van der Waals surface area (Å²) in [6.07, 6.45) is 12.8. The molecule has 0 saturated heterocycles. The molecule has 0 N–H and O–H groups in total. The van der Waals surface area contributed by atoms with Crippen LogP contribution in [0.1, 0.15) is 74.7 Å². The number of hydrogen-bond donors (Lipinski definition) is 0. The van der Waals surface area contributed by atoms with E-state index in [9.17, 15) is 4.79 Å². The molecular formula is C23H30N2O2. The minimum absolute atomic E-state index is 0.0692. The Labute approximate surface area is 162 Å². The predicted molar refractivity (Wildman–Crippen MR) is 108 cm³/mol. The van der Waals surface area contributed by atoms with Gasteiger partial charge in [-0.15, -0.1) is 0 Å². The van der Waals surface area contributed by atoms with Gasteiger partial charge >= 0.3 is 5.97 Å². The van der Waals surface area contributed by atoms with Crippen LogP contribution < -0.4 is 0 Å². The lowest BCUT2D eigenvalue weighted by Gasteiger charge is -2.28. The van der Waals surface area contributed by atoms with Crippen LogP contribution in [0, 0.1) is 5.92 Å². The van der Waals surface area contributed by atoms with Crippen LogP contribution in [0.4, 0.5) is 0 Å². The summed E-state index contributed by atoms with van der Waals surface area (Å²) in [6.45, 7) is 4.38. The minimum Gasteiger partial charge on any atom is -0.459 e. The molecule has 4 nitrogen and oxygen atoms in total. The number of benzene rings is 1. The molecule has 1 saturated carbocycles. The molecule has 2 aromatic rings. The van der Waals surface area contributed by atoms with Gasteiger partial charge in [0.25, 0.3) is 0 Å². The molecule has 0 amide bonds. The van der Waals surface area contributed by atoms with Crippen LogP contribution >= 0.6 is 0 Å². The number of carbonyl (C=O) groups is 1. The number of aromatic nitrogens is 2. The van der Waals surface area contributed by atoms with Crippen molar-refractivity contribution in [2.24, 2.45) is 5.92 Å². The summed E-state index contributed by atoms with van der Waals surface area (Å²) in [7, 11) is 0. The number of nitrogens with zero attached hydrogens (tertiary/aromatic N) is 2. The Hall–Kier alpha value is -2.23. The first kappa shape index (κ1) is 19.5. The van der Waals surface area contributed by atoms with Crippen molar-refractivity contribution >= 4 is 5.97 Å². The fourth-order valence-corrected chi connectivity index (χ4v) is 3.84. The molecule has 1 aliphatic carbocycles. The molecule has 1 heterocycles. The van der Waals surface area contributed by atoms with Crippen LogP contribution in [0.15, 0.2) is 36.7 Å².